The minimum absolute atomic E-state index is 0.263. The molecule has 0 rings (SSSR count). The normalized spacial score (nSPS) is 14.1. The van der Waals surface area contributed by atoms with Crippen LogP contribution >= 0.6 is 0 Å². The molecular formula is C6H12N4O. The minimum Gasteiger partial charge on any atom is -0.354 e. The first-order valence-corrected chi connectivity index (χ1v) is 3.19. The topological polar surface area (TPSA) is 79.8 Å². The van der Waals surface area contributed by atoms with E-state index in [1.165, 1.54) is 13.4 Å². The molecule has 5 nitrogen and oxygen atoms in total. The first-order valence-electron chi connectivity index (χ1n) is 3.19. The Labute approximate surface area is 65.4 Å². The van der Waals surface area contributed by atoms with Crippen molar-refractivity contribution in [2.45, 2.75) is 13.1 Å². The van der Waals surface area contributed by atoms with Crippen LogP contribution in [0.25, 0.3) is 0 Å². The maximum absolute atomic E-state index is 10.5. The van der Waals surface area contributed by atoms with Gasteiger partial charge in [0.15, 0.2) is 0 Å². The molecule has 0 aromatic carbocycles. The van der Waals surface area contributed by atoms with Gasteiger partial charge in [-0.05, 0) is 6.92 Å². The zero-order valence-electron chi connectivity index (χ0n) is 6.61. The van der Waals surface area contributed by atoms with Crippen LogP contribution in [-0.2, 0) is 4.79 Å². The van der Waals surface area contributed by atoms with Crippen molar-refractivity contribution in [3.63, 3.8) is 0 Å². The van der Waals surface area contributed by atoms with Crippen LogP contribution in [0.4, 0.5) is 0 Å². The van der Waals surface area contributed by atoms with Crippen molar-refractivity contribution in [2.24, 2.45) is 15.7 Å². The van der Waals surface area contributed by atoms with Crippen molar-refractivity contribution in [2.75, 3.05) is 7.05 Å². The van der Waals surface area contributed by atoms with Crippen LogP contribution in [0.15, 0.2) is 9.98 Å². The summed E-state index contributed by atoms with van der Waals surface area (Å²) in [5.74, 6) is -0.263. The average Bonchev–Trinajstić information content (AvgIpc) is 1.97. The molecular weight excluding hydrogens is 144 g/mol. The van der Waals surface area contributed by atoms with Crippen molar-refractivity contribution >= 4 is 18.5 Å². The van der Waals surface area contributed by atoms with Gasteiger partial charge in [0.2, 0.25) is 0 Å². The Bertz CT molecular complexity index is 173. The molecule has 0 heterocycles. The summed E-state index contributed by atoms with van der Waals surface area (Å²) in [6.07, 6.45) is 2.10. The van der Waals surface area contributed by atoms with Crippen LogP contribution in [0.2, 0.25) is 0 Å². The fraction of sp³-hybridized carbons (Fsp3) is 0.500. The summed E-state index contributed by atoms with van der Waals surface area (Å²) in [4.78, 5) is 17.8. The van der Waals surface area contributed by atoms with Gasteiger partial charge in [-0.3, -0.25) is 9.79 Å². The molecule has 0 aromatic rings. The lowest BCUT2D eigenvalue weighted by Gasteiger charge is -1.90. The number of hydrogen-bond acceptors (Lipinski definition) is 3. The third-order valence-corrected chi connectivity index (χ3v) is 0.807. The molecule has 0 spiro atoms. The molecule has 0 aliphatic carbocycles. The third kappa shape index (κ3) is 6.66. The Morgan fingerprint density at radius 3 is 2.82 bits per heavy atom. The van der Waals surface area contributed by atoms with E-state index in [0.717, 1.165) is 6.21 Å². The Kier molecular flexibility index (Phi) is 4.93. The van der Waals surface area contributed by atoms with Crippen LogP contribution in [0.1, 0.15) is 6.92 Å². The Morgan fingerprint density at radius 1 is 1.73 bits per heavy atom. The minimum atomic E-state index is -0.281. The Hall–Kier alpha value is -1.23. The van der Waals surface area contributed by atoms with Crippen molar-refractivity contribution < 1.29 is 4.79 Å². The summed E-state index contributed by atoms with van der Waals surface area (Å²) in [6.45, 7) is 1.71. The lowest BCUT2D eigenvalue weighted by Crippen LogP contribution is -2.18. The molecule has 5 heteroatoms. The summed E-state index contributed by atoms with van der Waals surface area (Å²) in [7, 11) is 1.52. The second-order valence-corrected chi connectivity index (χ2v) is 1.90. The standard InChI is InChI=1S/C6H12N4O/c1-5(7)10-4-9-3-6(11)8-2/h3-5H,7H2,1-2H3,(H,8,11). The van der Waals surface area contributed by atoms with Crippen LogP contribution in [-0.4, -0.2) is 31.7 Å². The number of nitrogens with one attached hydrogen (secondary N) is 1. The average molecular weight is 156 g/mol. The second-order valence-electron chi connectivity index (χ2n) is 1.90. The largest absolute Gasteiger partial charge is 0.354 e. The molecule has 3 N–H and O–H groups in total. The van der Waals surface area contributed by atoms with E-state index < -0.39 is 0 Å². The molecule has 0 aromatic heterocycles. The quantitative estimate of drug-likeness (QED) is 0.411. The van der Waals surface area contributed by atoms with Crippen molar-refractivity contribution in [3.8, 4) is 0 Å². The summed E-state index contributed by atoms with van der Waals surface area (Å²) in [5, 5.41) is 2.37. The molecule has 0 bridgehead atoms. The highest BCUT2D eigenvalue weighted by Crippen LogP contribution is 1.72. The zero-order chi connectivity index (χ0) is 8.69. The number of carbonyl (C=O) groups is 1. The van der Waals surface area contributed by atoms with Gasteiger partial charge in [-0.2, -0.15) is 0 Å². The van der Waals surface area contributed by atoms with E-state index in [-0.39, 0.29) is 12.1 Å². The highest BCUT2D eigenvalue weighted by molar-refractivity contribution is 6.27. The van der Waals surface area contributed by atoms with Gasteiger partial charge in [-0.1, -0.05) is 0 Å². The molecule has 0 aliphatic heterocycles. The van der Waals surface area contributed by atoms with Gasteiger partial charge in [0.1, 0.15) is 6.34 Å². The molecule has 0 saturated carbocycles. The summed E-state index contributed by atoms with van der Waals surface area (Å²) in [5.41, 5.74) is 5.27. The van der Waals surface area contributed by atoms with Gasteiger partial charge in [-0.25, -0.2) is 4.99 Å². The number of nitrogens with zero attached hydrogens (tertiary/aromatic N) is 2. The lowest BCUT2D eigenvalue weighted by atomic mass is 10.6. The maximum Gasteiger partial charge on any atom is 0.262 e. The SMILES string of the molecule is CNC(=O)C=NC=NC(C)N. The number of rotatable bonds is 3. The smallest absolute Gasteiger partial charge is 0.262 e. The molecule has 62 valence electrons. The van der Waals surface area contributed by atoms with Crippen LogP contribution in [0.3, 0.4) is 0 Å². The van der Waals surface area contributed by atoms with E-state index in [2.05, 4.69) is 15.3 Å². The fourth-order valence-electron chi connectivity index (χ4n) is 0.309. The van der Waals surface area contributed by atoms with Gasteiger partial charge in [0.05, 0.1) is 12.4 Å². The first kappa shape index (κ1) is 9.77. The maximum atomic E-state index is 10.5. The van der Waals surface area contributed by atoms with Crippen molar-refractivity contribution in [1.29, 1.82) is 0 Å². The van der Waals surface area contributed by atoms with Crippen molar-refractivity contribution in [1.82, 2.24) is 5.32 Å². The first-order chi connectivity index (χ1) is 5.16. The van der Waals surface area contributed by atoms with Crippen LogP contribution in [0, 0.1) is 0 Å². The van der Waals surface area contributed by atoms with Gasteiger partial charge < -0.3 is 11.1 Å². The summed E-state index contributed by atoms with van der Waals surface area (Å²) < 4.78 is 0. The fourth-order valence-corrected chi connectivity index (χ4v) is 0.309. The molecule has 1 atom stereocenters. The molecule has 0 saturated heterocycles. The van der Waals surface area contributed by atoms with Crippen LogP contribution < -0.4 is 11.1 Å². The van der Waals surface area contributed by atoms with Gasteiger partial charge in [0.25, 0.3) is 5.91 Å². The highest BCUT2D eigenvalue weighted by atomic mass is 16.1. The highest BCUT2D eigenvalue weighted by Gasteiger charge is 1.86. The van der Waals surface area contributed by atoms with E-state index >= 15 is 0 Å². The van der Waals surface area contributed by atoms with Gasteiger partial charge in [0, 0.05) is 7.05 Å². The molecule has 0 fully saturated rings. The third-order valence-electron chi connectivity index (χ3n) is 0.807. The molecule has 11 heavy (non-hydrogen) atoms. The molecule has 1 amide bonds. The van der Waals surface area contributed by atoms with E-state index in [0.29, 0.717) is 0 Å². The number of carbonyl (C=O) groups excluding carboxylic acids is 1. The lowest BCUT2D eigenvalue weighted by molar-refractivity contribution is -0.113. The van der Waals surface area contributed by atoms with Gasteiger partial charge >= 0.3 is 0 Å². The Balaban J connectivity index is 3.68. The zero-order valence-corrected chi connectivity index (χ0v) is 6.61. The van der Waals surface area contributed by atoms with E-state index in [1.54, 1.807) is 6.92 Å². The predicted molar refractivity (Wildman–Crippen MR) is 44.7 cm³/mol. The van der Waals surface area contributed by atoms with E-state index in [4.69, 9.17) is 5.73 Å². The van der Waals surface area contributed by atoms with E-state index in [1.807, 2.05) is 0 Å². The molecule has 0 aliphatic rings. The molecule has 1 unspecified atom stereocenters. The predicted octanol–water partition coefficient (Wildman–Crippen LogP) is -0.864. The van der Waals surface area contributed by atoms with Crippen LogP contribution in [0.5, 0.6) is 0 Å². The summed E-state index contributed by atoms with van der Waals surface area (Å²) >= 11 is 0. The number of hydrogen-bond donors (Lipinski definition) is 2. The number of amides is 1. The second kappa shape index (κ2) is 5.55. The molecule has 0 radical (unpaired) electrons. The number of aliphatic imine (C=N–C) groups is 2. The number of nitrogens with two attached hydrogens (primary N) is 1. The van der Waals surface area contributed by atoms with Crippen molar-refractivity contribution in [3.05, 3.63) is 0 Å². The monoisotopic (exact) mass is 156 g/mol. The van der Waals surface area contributed by atoms with Gasteiger partial charge in [-0.15, -0.1) is 0 Å². The Morgan fingerprint density at radius 2 is 2.36 bits per heavy atom. The van der Waals surface area contributed by atoms with E-state index in [9.17, 15) is 4.79 Å². The summed E-state index contributed by atoms with van der Waals surface area (Å²) in [6, 6.07) is 0.